The van der Waals surface area contributed by atoms with Crippen molar-refractivity contribution in [1.29, 1.82) is 0 Å². The van der Waals surface area contributed by atoms with E-state index in [2.05, 4.69) is 96.1 Å². The van der Waals surface area contributed by atoms with Crippen molar-refractivity contribution in [2.45, 2.75) is 40.0 Å². The van der Waals surface area contributed by atoms with E-state index in [-0.39, 0.29) is 16.1 Å². The van der Waals surface area contributed by atoms with Crippen LogP contribution in [0.2, 0.25) is 0 Å². The molecule has 0 spiro atoms. The first-order chi connectivity index (χ1) is 18.6. The molecule has 0 aliphatic rings. The normalized spacial score (nSPS) is 11.6. The van der Waals surface area contributed by atoms with E-state index in [1.165, 1.54) is 16.7 Å². The second kappa shape index (κ2) is 13.3. The predicted molar refractivity (Wildman–Crippen MR) is 161 cm³/mol. The first kappa shape index (κ1) is 28.2. The number of ether oxygens (including phenoxy) is 2. The molecule has 0 aliphatic heterocycles. The van der Waals surface area contributed by atoms with Crippen LogP contribution in [0.4, 0.5) is 0 Å². The fourth-order valence-electron chi connectivity index (χ4n) is 4.30. The van der Waals surface area contributed by atoms with Crippen LogP contribution >= 0.6 is 9.90 Å². The third-order valence-corrected chi connectivity index (χ3v) is 6.57. The Morgan fingerprint density at radius 3 is 2.05 bits per heavy atom. The van der Waals surface area contributed by atoms with Crippen molar-refractivity contribution in [3.63, 3.8) is 0 Å². The van der Waals surface area contributed by atoms with Crippen molar-refractivity contribution in [2.24, 2.45) is 0 Å². The highest BCUT2D eigenvalue weighted by molar-refractivity contribution is 6.92. The lowest BCUT2D eigenvalue weighted by molar-refractivity contribution is 0.00958. The predicted octanol–water partition coefficient (Wildman–Crippen LogP) is 7.04. The lowest BCUT2D eigenvalue weighted by Crippen LogP contribution is -2.14. The van der Waals surface area contributed by atoms with Gasteiger partial charge >= 0.3 is 0 Å². The molecule has 0 aliphatic carbocycles. The Hall–Kier alpha value is -3.86. The number of hydrogen-bond donors (Lipinski definition) is 0. The maximum atomic E-state index is 6.15. The maximum absolute atomic E-state index is 6.15. The number of tetrazole rings is 1. The van der Waals surface area contributed by atoms with Crippen LogP contribution in [0.3, 0.4) is 0 Å². The van der Waals surface area contributed by atoms with E-state index < -0.39 is 0 Å². The van der Waals surface area contributed by atoms with Gasteiger partial charge in [0, 0.05) is 5.56 Å². The van der Waals surface area contributed by atoms with Crippen LogP contribution in [-0.4, -0.2) is 26.8 Å². The summed E-state index contributed by atoms with van der Waals surface area (Å²) >= 11 is 0. The maximum Gasteiger partial charge on any atom is 0.185 e. The first-order valence-electron chi connectivity index (χ1n) is 12.9. The van der Waals surface area contributed by atoms with Gasteiger partial charge in [0.05, 0.1) is 6.61 Å². The molecule has 1 heterocycles. The molecular formula is C32H35N4O2P. The van der Waals surface area contributed by atoms with E-state index in [0.29, 0.717) is 19.0 Å². The van der Waals surface area contributed by atoms with Crippen LogP contribution in [0.5, 0.6) is 5.75 Å². The summed E-state index contributed by atoms with van der Waals surface area (Å²) in [6.07, 6.45) is 0.461. The number of rotatable bonds is 10. The van der Waals surface area contributed by atoms with E-state index in [0.717, 1.165) is 34.4 Å². The molecule has 39 heavy (non-hydrogen) atoms. The average Bonchev–Trinajstić information content (AvgIpc) is 3.44. The Kier molecular flexibility index (Phi) is 9.59. The van der Waals surface area contributed by atoms with Gasteiger partial charge in [0.25, 0.3) is 0 Å². The fraction of sp³-hybridized carbons (Fsp3) is 0.219. The third-order valence-electron chi connectivity index (χ3n) is 6.57. The minimum absolute atomic E-state index is 0. The summed E-state index contributed by atoms with van der Waals surface area (Å²) in [7, 11) is 0. The van der Waals surface area contributed by atoms with Crippen molar-refractivity contribution >= 4 is 9.90 Å². The highest BCUT2D eigenvalue weighted by atomic mass is 31.0. The molecule has 5 rings (SSSR count). The molecule has 7 heteroatoms. The van der Waals surface area contributed by atoms with Crippen LogP contribution in [0.25, 0.3) is 22.5 Å². The summed E-state index contributed by atoms with van der Waals surface area (Å²) in [5.41, 5.74) is 7.99. The van der Waals surface area contributed by atoms with Gasteiger partial charge in [-0.3, -0.25) is 0 Å². The zero-order chi connectivity index (χ0) is 26.3. The molecular weight excluding hydrogens is 503 g/mol. The smallest absolute Gasteiger partial charge is 0.185 e. The Morgan fingerprint density at radius 2 is 1.36 bits per heavy atom. The van der Waals surface area contributed by atoms with E-state index >= 15 is 0 Å². The SMILES string of the molecule is Cc1ccc(COc2ccc(CCOC(C)n3nnnc3-c3ccccc3-c3ccc(C)cc3)cc2)cc1.P. The molecule has 2 unspecified atom stereocenters. The second-order valence-corrected chi connectivity index (χ2v) is 9.50. The van der Waals surface area contributed by atoms with Crippen molar-refractivity contribution in [1.82, 2.24) is 20.2 Å². The van der Waals surface area contributed by atoms with Crippen molar-refractivity contribution in [3.05, 3.63) is 119 Å². The molecule has 1 aromatic heterocycles. The summed E-state index contributed by atoms with van der Waals surface area (Å²) in [6, 6.07) is 33.2. The van der Waals surface area contributed by atoms with E-state index in [4.69, 9.17) is 9.47 Å². The molecule has 5 aromatic rings. The Morgan fingerprint density at radius 1 is 0.744 bits per heavy atom. The molecule has 0 fully saturated rings. The minimum atomic E-state index is -0.316. The minimum Gasteiger partial charge on any atom is -0.489 e. The number of aryl methyl sites for hydroxylation is 2. The van der Waals surface area contributed by atoms with Crippen LogP contribution in [0, 0.1) is 13.8 Å². The molecule has 2 atom stereocenters. The molecule has 0 N–H and O–H groups in total. The molecule has 0 radical (unpaired) electrons. The second-order valence-electron chi connectivity index (χ2n) is 9.50. The summed E-state index contributed by atoms with van der Waals surface area (Å²) in [6.45, 7) is 7.24. The monoisotopic (exact) mass is 538 g/mol. The summed E-state index contributed by atoms with van der Waals surface area (Å²) in [5.74, 6) is 1.54. The highest BCUT2D eigenvalue weighted by Crippen LogP contribution is 2.31. The van der Waals surface area contributed by atoms with E-state index in [1.807, 2.05) is 37.3 Å². The number of aromatic nitrogens is 4. The van der Waals surface area contributed by atoms with Gasteiger partial charge in [-0.1, -0.05) is 96.1 Å². The molecule has 0 saturated carbocycles. The van der Waals surface area contributed by atoms with E-state index in [9.17, 15) is 0 Å². The van der Waals surface area contributed by atoms with E-state index in [1.54, 1.807) is 4.68 Å². The molecule has 0 saturated heterocycles. The Balaban J connectivity index is 0.00000353. The van der Waals surface area contributed by atoms with Gasteiger partial charge in [-0.05, 0) is 72.0 Å². The molecule has 4 aromatic carbocycles. The van der Waals surface area contributed by atoms with Gasteiger partial charge in [0.2, 0.25) is 0 Å². The molecule has 200 valence electrons. The summed E-state index contributed by atoms with van der Waals surface area (Å²) < 4.78 is 13.8. The van der Waals surface area contributed by atoms with Crippen LogP contribution in [0.15, 0.2) is 97.1 Å². The average molecular weight is 539 g/mol. The van der Waals surface area contributed by atoms with Gasteiger partial charge < -0.3 is 9.47 Å². The Labute approximate surface area is 233 Å². The summed E-state index contributed by atoms with van der Waals surface area (Å²) in [4.78, 5) is 0. The molecule has 6 nitrogen and oxygen atoms in total. The Bertz CT molecular complexity index is 1470. The first-order valence-corrected chi connectivity index (χ1v) is 12.9. The largest absolute Gasteiger partial charge is 0.489 e. The van der Waals surface area contributed by atoms with Gasteiger partial charge in [-0.15, -0.1) is 5.10 Å². The van der Waals surface area contributed by atoms with Gasteiger partial charge in [-0.2, -0.15) is 14.6 Å². The topological polar surface area (TPSA) is 62.1 Å². The van der Waals surface area contributed by atoms with Crippen LogP contribution in [0.1, 0.15) is 35.4 Å². The third kappa shape index (κ3) is 7.17. The van der Waals surface area contributed by atoms with Gasteiger partial charge in [0.1, 0.15) is 12.4 Å². The van der Waals surface area contributed by atoms with Crippen molar-refractivity contribution < 1.29 is 9.47 Å². The quantitative estimate of drug-likeness (QED) is 0.179. The fourth-order valence-corrected chi connectivity index (χ4v) is 4.30. The van der Waals surface area contributed by atoms with Crippen LogP contribution < -0.4 is 4.74 Å². The zero-order valence-electron chi connectivity index (χ0n) is 22.7. The molecule has 0 amide bonds. The van der Waals surface area contributed by atoms with Crippen molar-refractivity contribution in [2.75, 3.05) is 6.61 Å². The number of hydrogen-bond acceptors (Lipinski definition) is 5. The number of nitrogens with zero attached hydrogens (tertiary/aromatic N) is 4. The summed E-state index contributed by atoms with van der Waals surface area (Å²) in [5, 5.41) is 12.5. The van der Waals surface area contributed by atoms with Gasteiger partial charge in [0.15, 0.2) is 12.1 Å². The highest BCUT2D eigenvalue weighted by Gasteiger charge is 2.18. The lowest BCUT2D eigenvalue weighted by atomic mass is 9.98. The van der Waals surface area contributed by atoms with Crippen LogP contribution in [-0.2, 0) is 17.8 Å². The van der Waals surface area contributed by atoms with Gasteiger partial charge in [-0.25, -0.2) is 0 Å². The zero-order valence-corrected chi connectivity index (χ0v) is 24.2. The standard InChI is InChI=1S/C32H32N4O2.H3P/c1-23-8-12-27(13-9-23)22-38-29-18-14-26(15-19-29)20-21-37-25(3)36-32(33-34-35-36)31-7-5-4-6-30(31)28-16-10-24(2)11-17-28;/h4-19,25H,20-22H2,1-3H3;1H3. The number of benzene rings is 4. The lowest BCUT2D eigenvalue weighted by Gasteiger charge is -2.16. The van der Waals surface area contributed by atoms with Crippen molar-refractivity contribution in [3.8, 4) is 28.3 Å². The molecule has 0 bridgehead atoms.